The minimum atomic E-state index is 1.05. The van der Waals surface area contributed by atoms with Crippen LogP contribution in [0, 0.1) is 0 Å². The summed E-state index contributed by atoms with van der Waals surface area (Å²) in [5.74, 6) is 0. The number of rotatable bonds is 2. The van der Waals surface area contributed by atoms with Crippen LogP contribution in [0.1, 0.15) is 17.7 Å². The maximum absolute atomic E-state index is 3.83. The van der Waals surface area contributed by atoms with Crippen LogP contribution in [0.25, 0.3) is 0 Å². The fourth-order valence-corrected chi connectivity index (χ4v) is 1.95. The Hall–Kier alpha value is -0.480. The van der Waals surface area contributed by atoms with Gasteiger partial charge in [0.15, 0.2) is 0 Å². The van der Waals surface area contributed by atoms with Crippen LogP contribution >= 0.6 is 11.5 Å². The number of hydrogen-bond acceptors (Lipinski definition) is 4. The van der Waals surface area contributed by atoms with E-state index in [9.17, 15) is 0 Å². The van der Waals surface area contributed by atoms with Crippen molar-refractivity contribution in [2.45, 2.75) is 19.4 Å². The fraction of sp³-hybridized carbons (Fsp3) is 0.714. The molecule has 0 amide bonds. The molecular weight excluding hydrogens is 158 g/mol. The highest BCUT2D eigenvalue weighted by Crippen LogP contribution is 2.13. The van der Waals surface area contributed by atoms with Gasteiger partial charge in [0.1, 0.15) is 0 Å². The monoisotopic (exact) mass is 169 g/mol. The second kappa shape index (κ2) is 3.28. The number of nitrogens with zero attached hydrogens (tertiary/aromatic N) is 3. The summed E-state index contributed by atoms with van der Waals surface area (Å²) in [7, 11) is 0. The van der Waals surface area contributed by atoms with Crippen LogP contribution in [0.5, 0.6) is 0 Å². The highest BCUT2D eigenvalue weighted by molar-refractivity contribution is 7.05. The van der Waals surface area contributed by atoms with E-state index in [2.05, 4.69) is 14.5 Å². The van der Waals surface area contributed by atoms with Crippen molar-refractivity contribution in [1.82, 2.24) is 14.5 Å². The molecule has 1 saturated heterocycles. The van der Waals surface area contributed by atoms with Gasteiger partial charge >= 0.3 is 0 Å². The van der Waals surface area contributed by atoms with Gasteiger partial charge in [-0.25, -0.2) is 0 Å². The molecule has 0 N–H and O–H groups in total. The molecule has 0 aliphatic carbocycles. The quantitative estimate of drug-likeness (QED) is 0.664. The number of hydrogen-bond donors (Lipinski definition) is 0. The first-order chi connectivity index (χ1) is 5.45. The third-order valence-electron chi connectivity index (χ3n) is 1.99. The smallest absolute Gasteiger partial charge is 0.0666 e. The summed E-state index contributed by atoms with van der Waals surface area (Å²) in [4.78, 5) is 3.74. The number of aromatic nitrogens is 2. The summed E-state index contributed by atoms with van der Waals surface area (Å²) in [6.07, 6.45) is 4.57. The lowest BCUT2D eigenvalue weighted by Crippen LogP contribution is -2.17. The first-order valence-corrected chi connectivity index (χ1v) is 4.71. The van der Waals surface area contributed by atoms with Gasteiger partial charge in [-0.15, -0.1) is 5.10 Å². The molecule has 0 saturated carbocycles. The summed E-state index contributed by atoms with van der Waals surface area (Å²) in [6, 6.07) is 0. The van der Waals surface area contributed by atoms with E-state index in [1.165, 1.54) is 42.3 Å². The Kier molecular flexibility index (Phi) is 2.14. The summed E-state index contributed by atoms with van der Waals surface area (Å²) >= 11 is 1.51. The van der Waals surface area contributed by atoms with Gasteiger partial charge in [0.05, 0.1) is 11.1 Å². The van der Waals surface area contributed by atoms with E-state index in [1.54, 1.807) is 0 Å². The summed E-state index contributed by atoms with van der Waals surface area (Å²) < 4.78 is 3.83. The molecule has 11 heavy (non-hydrogen) atoms. The predicted molar refractivity (Wildman–Crippen MR) is 44.4 cm³/mol. The zero-order valence-electron chi connectivity index (χ0n) is 6.36. The molecule has 1 aromatic heterocycles. The van der Waals surface area contributed by atoms with Crippen molar-refractivity contribution >= 4 is 11.5 Å². The standard InChI is InChI=1S/C7H11N3S/c1-2-4-10(3-1)6-7-5-8-9-11-7/h5H,1-4,6H2. The molecule has 0 aromatic carbocycles. The molecule has 1 aliphatic heterocycles. The molecule has 2 rings (SSSR count). The van der Waals surface area contributed by atoms with Gasteiger partial charge in [-0.05, 0) is 37.5 Å². The van der Waals surface area contributed by atoms with Crippen molar-refractivity contribution in [2.75, 3.05) is 13.1 Å². The zero-order chi connectivity index (χ0) is 7.52. The zero-order valence-corrected chi connectivity index (χ0v) is 7.18. The normalized spacial score (nSPS) is 19.3. The molecule has 4 heteroatoms. The van der Waals surface area contributed by atoms with Crippen molar-refractivity contribution in [3.8, 4) is 0 Å². The van der Waals surface area contributed by atoms with Crippen LogP contribution in [0.3, 0.4) is 0 Å². The first-order valence-electron chi connectivity index (χ1n) is 3.94. The summed E-state index contributed by atoms with van der Waals surface area (Å²) in [5.41, 5.74) is 0. The van der Waals surface area contributed by atoms with Gasteiger partial charge in [0.2, 0.25) is 0 Å². The van der Waals surface area contributed by atoms with Crippen molar-refractivity contribution in [3.05, 3.63) is 11.1 Å². The Morgan fingerprint density at radius 2 is 2.27 bits per heavy atom. The molecular formula is C7H11N3S. The summed E-state index contributed by atoms with van der Waals surface area (Å²) in [6.45, 7) is 3.55. The molecule has 0 radical (unpaired) electrons. The van der Waals surface area contributed by atoms with Gasteiger partial charge in [0.25, 0.3) is 0 Å². The molecule has 1 aliphatic rings. The second-order valence-corrected chi connectivity index (χ2v) is 3.74. The average molecular weight is 169 g/mol. The third-order valence-corrected chi connectivity index (χ3v) is 2.63. The van der Waals surface area contributed by atoms with Gasteiger partial charge < -0.3 is 0 Å². The van der Waals surface area contributed by atoms with Crippen LogP contribution < -0.4 is 0 Å². The maximum Gasteiger partial charge on any atom is 0.0666 e. The molecule has 0 atom stereocenters. The van der Waals surface area contributed by atoms with E-state index in [1.807, 2.05) is 6.20 Å². The highest BCUT2D eigenvalue weighted by atomic mass is 32.1. The minimum Gasteiger partial charge on any atom is -0.298 e. The largest absolute Gasteiger partial charge is 0.298 e. The molecule has 1 aromatic rings. The van der Waals surface area contributed by atoms with E-state index in [-0.39, 0.29) is 0 Å². The Morgan fingerprint density at radius 1 is 1.45 bits per heavy atom. The van der Waals surface area contributed by atoms with Crippen LogP contribution in [0.4, 0.5) is 0 Å². The third kappa shape index (κ3) is 1.75. The van der Waals surface area contributed by atoms with Gasteiger partial charge in [-0.3, -0.25) is 4.90 Å². The van der Waals surface area contributed by atoms with Gasteiger partial charge in [-0.1, -0.05) is 4.49 Å². The van der Waals surface area contributed by atoms with Crippen molar-refractivity contribution in [3.63, 3.8) is 0 Å². The number of likely N-dealkylation sites (tertiary alicyclic amines) is 1. The lowest BCUT2D eigenvalue weighted by molar-refractivity contribution is 0.334. The van der Waals surface area contributed by atoms with E-state index in [4.69, 9.17) is 0 Å². The highest BCUT2D eigenvalue weighted by Gasteiger charge is 2.12. The molecule has 1 fully saturated rings. The fourth-order valence-electron chi connectivity index (χ4n) is 1.42. The SMILES string of the molecule is c1nnsc1CN1CCCC1. The van der Waals surface area contributed by atoms with E-state index in [0.29, 0.717) is 0 Å². The average Bonchev–Trinajstić information content (AvgIpc) is 2.60. The molecule has 2 heterocycles. The van der Waals surface area contributed by atoms with Crippen LogP contribution in [0.15, 0.2) is 6.20 Å². The van der Waals surface area contributed by atoms with E-state index in [0.717, 1.165) is 6.54 Å². The summed E-state index contributed by atoms with van der Waals surface area (Å²) in [5, 5.41) is 3.81. The second-order valence-electron chi connectivity index (χ2n) is 2.87. The molecule has 60 valence electrons. The topological polar surface area (TPSA) is 29.0 Å². The Balaban J connectivity index is 1.90. The van der Waals surface area contributed by atoms with Crippen molar-refractivity contribution in [1.29, 1.82) is 0 Å². The van der Waals surface area contributed by atoms with E-state index < -0.39 is 0 Å². The Morgan fingerprint density at radius 3 is 2.91 bits per heavy atom. The first kappa shape index (κ1) is 7.18. The van der Waals surface area contributed by atoms with Gasteiger partial charge in [0, 0.05) is 6.54 Å². The lowest BCUT2D eigenvalue weighted by atomic mass is 10.4. The van der Waals surface area contributed by atoms with Crippen LogP contribution in [0.2, 0.25) is 0 Å². The van der Waals surface area contributed by atoms with Crippen molar-refractivity contribution in [2.24, 2.45) is 0 Å². The predicted octanol–water partition coefficient (Wildman–Crippen LogP) is 1.13. The Labute approximate surface area is 70.2 Å². The van der Waals surface area contributed by atoms with Gasteiger partial charge in [-0.2, -0.15) is 0 Å². The molecule has 0 spiro atoms. The Bertz CT molecular complexity index is 203. The van der Waals surface area contributed by atoms with E-state index >= 15 is 0 Å². The minimum absolute atomic E-state index is 1.05. The maximum atomic E-state index is 3.83. The molecule has 3 nitrogen and oxygen atoms in total. The van der Waals surface area contributed by atoms with Crippen LogP contribution in [-0.2, 0) is 6.54 Å². The lowest BCUT2D eigenvalue weighted by Gasteiger charge is -2.11. The van der Waals surface area contributed by atoms with Crippen LogP contribution in [-0.4, -0.2) is 27.6 Å². The van der Waals surface area contributed by atoms with Crippen molar-refractivity contribution < 1.29 is 0 Å². The molecule has 0 bridgehead atoms. The molecule has 0 unspecified atom stereocenters.